The SMILES string of the molecule is CCN1CC[C@@H](C)N(C(=O)Nc2ccnc(OC)n2)c2nc(-c3cccc(OC(F)(F)F)c3)ccc21. The quantitative estimate of drug-likeness (QED) is 0.519. The van der Waals surface area contributed by atoms with Gasteiger partial charge in [0.05, 0.1) is 18.5 Å². The number of alkyl halides is 3. The Kier molecular flexibility index (Phi) is 7.13. The number of aromatic nitrogens is 3. The maximum absolute atomic E-state index is 13.5. The minimum Gasteiger partial charge on any atom is -0.467 e. The molecule has 36 heavy (non-hydrogen) atoms. The minimum atomic E-state index is -4.81. The molecule has 4 rings (SSSR count). The highest BCUT2D eigenvalue weighted by molar-refractivity contribution is 6.03. The number of nitrogens with one attached hydrogen (secondary N) is 1. The van der Waals surface area contributed by atoms with Crippen LogP contribution in [0.4, 0.5) is 35.3 Å². The molecule has 1 atom stereocenters. The molecule has 1 N–H and O–H groups in total. The molecule has 0 saturated carbocycles. The fraction of sp³-hybridized carbons (Fsp3) is 0.333. The van der Waals surface area contributed by atoms with E-state index in [4.69, 9.17) is 9.72 Å². The van der Waals surface area contributed by atoms with Crippen LogP contribution in [0.15, 0.2) is 48.7 Å². The smallest absolute Gasteiger partial charge is 0.467 e. The molecule has 3 heterocycles. The molecule has 9 nitrogen and oxygen atoms in total. The van der Waals surface area contributed by atoms with Gasteiger partial charge in [0.15, 0.2) is 5.82 Å². The zero-order chi connectivity index (χ0) is 25.9. The molecule has 0 unspecified atom stereocenters. The van der Waals surface area contributed by atoms with Crippen molar-refractivity contribution >= 4 is 23.4 Å². The van der Waals surface area contributed by atoms with Gasteiger partial charge in [-0.1, -0.05) is 12.1 Å². The number of hydrogen-bond acceptors (Lipinski definition) is 7. The predicted molar refractivity (Wildman–Crippen MR) is 128 cm³/mol. The first-order valence-electron chi connectivity index (χ1n) is 11.3. The van der Waals surface area contributed by atoms with Gasteiger partial charge in [-0.15, -0.1) is 13.2 Å². The van der Waals surface area contributed by atoms with Crippen LogP contribution in [0.5, 0.6) is 11.8 Å². The van der Waals surface area contributed by atoms with Crippen LogP contribution in [0.2, 0.25) is 0 Å². The third kappa shape index (κ3) is 5.58. The molecule has 0 bridgehead atoms. The van der Waals surface area contributed by atoms with E-state index in [2.05, 4.69) is 24.9 Å². The number of methoxy groups -OCH3 is 1. The zero-order valence-electron chi connectivity index (χ0n) is 19.9. The van der Waals surface area contributed by atoms with Gasteiger partial charge in [0, 0.05) is 30.9 Å². The molecule has 1 aromatic carbocycles. The van der Waals surface area contributed by atoms with Crippen LogP contribution in [0, 0.1) is 0 Å². The number of ether oxygens (including phenoxy) is 2. The average Bonchev–Trinajstić information content (AvgIpc) is 2.98. The van der Waals surface area contributed by atoms with Gasteiger partial charge >= 0.3 is 18.4 Å². The van der Waals surface area contributed by atoms with Crippen LogP contribution < -0.4 is 24.6 Å². The third-order valence-electron chi connectivity index (χ3n) is 5.70. The maximum atomic E-state index is 13.5. The second-order valence-electron chi connectivity index (χ2n) is 8.06. The summed E-state index contributed by atoms with van der Waals surface area (Å²) in [6.45, 7) is 5.30. The summed E-state index contributed by atoms with van der Waals surface area (Å²) in [7, 11) is 1.42. The molecule has 0 radical (unpaired) electrons. The largest absolute Gasteiger partial charge is 0.573 e. The number of urea groups is 1. The lowest BCUT2D eigenvalue weighted by Gasteiger charge is -2.28. The van der Waals surface area contributed by atoms with Crippen LogP contribution in [-0.4, -0.2) is 53.6 Å². The van der Waals surface area contributed by atoms with E-state index < -0.39 is 12.4 Å². The lowest BCUT2D eigenvalue weighted by atomic mass is 10.1. The van der Waals surface area contributed by atoms with Crippen LogP contribution in [-0.2, 0) is 0 Å². The molecular weight excluding hydrogens is 477 g/mol. The molecule has 0 fully saturated rings. The Morgan fingerprint density at radius 3 is 2.72 bits per heavy atom. The Morgan fingerprint density at radius 1 is 1.19 bits per heavy atom. The van der Waals surface area contributed by atoms with Gasteiger partial charge in [-0.2, -0.15) is 4.98 Å². The molecule has 190 valence electrons. The summed E-state index contributed by atoms with van der Waals surface area (Å²) in [5, 5.41) is 2.76. The summed E-state index contributed by atoms with van der Waals surface area (Å²) in [6.07, 6.45) is -2.67. The number of pyridine rings is 1. The van der Waals surface area contributed by atoms with Gasteiger partial charge < -0.3 is 14.4 Å². The fourth-order valence-electron chi connectivity index (χ4n) is 3.98. The number of nitrogens with zero attached hydrogens (tertiary/aromatic N) is 5. The topological polar surface area (TPSA) is 92.7 Å². The molecule has 3 aromatic rings. The standard InChI is InChI=1S/C24H25F3N6O3/c1-4-32-13-11-15(2)33(23(34)31-20-10-12-28-22(30-20)35-3)21-19(32)9-8-18(29-21)16-6-5-7-17(14-16)36-24(25,26)27/h5-10,12,14-15H,4,11,13H2,1-3H3,(H,28,30,31,34)/t15-/m1/s1. The van der Waals surface area contributed by atoms with Crippen LogP contribution in [0.1, 0.15) is 20.3 Å². The third-order valence-corrected chi connectivity index (χ3v) is 5.70. The van der Waals surface area contributed by atoms with E-state index in [0.29, 0.717) is 36.6 Å². The summed E-state index contributed by atoms with van der Waals surface area (Å²) in [5.41, 5.74) is 1.55. The van der Waals surface area contributed by atoms with Gasteiger partial charge in [0.1, 0.15) is 11.6 Å². The van der Waals surface area contributed by atoms with Crippen molar-refractivity contribution < 1.29 is 27.4 Å². The van der Waals surface area contributed by atoms with E-state index in [9.17, 15) is 18.0 Å². The monoisotopic (exact) mass is 502 g/mol. The first-order valence-corrected chi connectivity index (χ1v) is 11.3. The Hall–Kier alpha value is -4.09. The molecule has 0 aliphatic carbocycles. The Morgan fingerprint density at radius 2 is 2.00 bits per heavy atom. The highest BCUT2D eigenvalue weighted by Crippen LogP contribution is 2.36. The molecule has 12 heteroatoms. The van der Waals surface area contributed by atoms with Crippen molar-refractivity contribution in [1.29, 1.82) is 0 Å². The average molecular weight is 502 g/mol. The summed E-state index contributed by atoms with van der Waals surface area (Å²) in [6, 6.07) is 10.1. The Labute approximate surface area is 205 Å². The Balaban J connectivity index is 1.74. The van der Waals surface area contributed by atoms with E-state index in [1.165, 1.54) is 37.6 Å². The number of anilines is 3. The van der Waals surface area contributed by atoms with Gasteiger partial charge in [0.2, 0.25) is 0 Å². The maximum Gasteiger partial charge on any atom is 0.573 e. The van der Waals surface area contributed by atoms with E-state index in [1.807, 2.05) is 19.9 Å². The Bertz CT molecular complexity index is 1240. The number of benzene rings is 1. The van der Waals surface area contributed by atoms with E-state index in [0.717, 1.165) is 5.69 Å². The van der Waals surface area contributed by atoms with E-state index in [-0.39, 0.29) is 23.6 Å². The minimum absolute atomic E-state index is 0.107. The molecule has 0 saturated heterocycles. The van der Waals surface area contributed by atoms with E-state index >= 15 is 0 Å². The van der Waals surface area contributed by atoms with Crippen molar-refractivity contribution in [3.05, 3.63) is 48.7 Å². The lowest BCUT2D eigenvalue weighted by molar-refractivity contribution is -0.274. The predicted octanol–water partition coefficient (Wildman–Crippen LogP) is 5.10. The number of amides is 2. The molecule has 2 aromatic heterocycles. The van der Waals surface area contributed by atoms with Crippen LogP contribution in [0.25, 0.3) is 11.3 Å². The van der Waals surface area contributed by atoms with Crippen molar-refractivity contribution in [1.82, 2.24) is 15.0 Å². The molecule has 0 spiro atoms. The normalized spacial score (nSPS) is 15.7. The van der Waals surface area contributed by atoms with Gasteiger partial charge in [-0.25, -0.2) is 14.8 Å². The number of fused-ring (bicyclic) bond motifs is 1. The summed E-state index contributed by atoms with van der Waals surface area (Å²) in [4.78, 5) is 29.9. The number of halogens is 3. The summed E-state index contributed by atoms with van der Waals surface area (Å²) in [5.74, 6) is 0.290. The number of rotatable bonds is 5. The second kappa shape index (κ2) is 10.3. The number of carbonyl (C=O) groups excluding carboxylic acids is 1. The van der Waals surface area contributed by atoms with Crippen molar-refractivity contribution in [2.24, 2.45) is 0 Å². The summed E-state index contributed by atoms with van der Waals surface area (Å²) < 4.78 is 47.3. The van der Waals surface area contributed by atoms with Crippen LogP contribution in [0.3, 0.4) is 0 Å². The van der Waals surface area contributed by atoms with Gasteiger partial charge in [-0.3, -0.25) is 10.2 Å². The number of hydrogen-bond donors (Lipinski definition) is 1. The van der Waals surface area contributed by atoms with Gasteiger partial charge in [0.25, 0.3) is 0 Å². The summed E-state index contributed by atoms with van der Waals surface area (Å²) >= 11 is 0. The zero-order valence-corrected chi connectivity index (χ0v) is 19.9. The highest BCUT2D eigenvalue weighted by atomic mass is 19.4. The van der Waals surface area contributed by atoms with Crippen molar-refractivity contribution in [3.8, 4) is 23.0 Å². The number of carbonyl (C=O) groups is 1. The van der Waals surface area contributed by atoms with Crippen molar-refractivity contribution in [3.63, 3.8) is 0 Å². The molecule has 1 aliphatic rings. The van der Waals surface area contributed by atoms with Crippen LogP contribution >= 0.6 is 0 Å². The lowest BCUT2D eigenvalue weighted by Crippen LogP contribution is -2.42. The van der Waals surface area contributed by atoms with Crippen molar-refractivity contribution in [2.45, 2.75) is 32.7 Å². The van der Waals surface area contributed by atoms with Crippen molar-refractivity contribution in [2.75, 3.05) is 35.3 Å². The highest BCUT2D eigenvalue weighted by Gasteiger charge is 2.32. The molecule has 2 amide bonds. The molecular formula is C24H25F3N6O3. The van der Waals surface area contributed by atoms with E-state index in [1.54, 1.807) is 17.0 Å². The second-order valence-corrected chi connectivity index (χ2v) is 8.06. The molecule has 1 aliphatic heterocycles. The first-order chi connectivity index (χ1) is 17.2. The first kappa shape index (κ1) is 25.0. The fourth-order valence-corrected chi connectivity index (χ4v) is 3.98. The van der Waals surface area contributed by atoms with Gasteiger partial charge in [-0.05, 0) is 50.6 Å².